The number of ketones is 1. The van der Waals surface area contributed by atoms with Crippen molar-refractivity contribution in [3.8, 4) is 5.75 Å². The van der Waals surface area contributed by atoms with Gasteiger partial charge in [-0.05, 0) is 50.2 Å². The molecule has 1 saturated heterocycles. The summed E-state index contributed by atoms with van der Waals surface area (Å²) < 4.78 is 7.72. The Kier molecular flexibility index (Phi) is 6.06. The largest absolute Gasteiger partial charge is 0.507 e. The van der Waals surface area contributed by atoms with Crippen LogP contribution in [0.5, 0.6) is 5.75 Å². The first kappa shape index (κ1) is 23.7. The second-order valence-corrected chi connectivity index (χ2v) is 9.49. The highest BCUT2D eigenvalue weighted by Gasteiger charge is 2.48. The monoisotopic (exact) mass is 500 g/mol. The van der Waals surface area contributed by atoms with Crippen LogP contribution in [0.4, 0.5) is 5.69 Å². The minimum atomic E-state index is -0.857. The van der Waals surface area contributed by atoms with Crippen molar-refractivity contribution >= 4 is 45.6 Å². The normalized spacial score (nSPS) is 17.4. The molecule has 2 heterocycles. The minimum absolute atomic E-state index is 0.0121. The molecule has 0 radical (unpaired) electrons. The molecule has 1 atom stereocenters. The van der Waals surface area contributed by atoms with Gasteiger partial charge in [-0.25, -0.2) is 0 Å². The zero-order chi connectivity index (χ0) is 25.6. The Labute approximate surface area is 214 Å². The topological polar surface area (TPSA) is 71.8 Å². The molecular formula is C29H25ClN2O4. The lowest BCUT2D eigenvalue weighted by atomic mass is 9.94. The number of fused-ring (bicyclic) bond motifs is 1. The summed E-state index contributed by atoms with van der Waals surface area (Å²) in [4.78, 5) is 28.4. The van der Waals surface area contributed by atoms with Gasteiger partial charge in [0.15, 0.2) is 0 Å². The van der Waals surface area contributed by atoms with E-state index in [9.17, 15) is 14.7 Å². The van der Waals surface area contributed by atoms with Crippen LogP contribution in [0.15, 0.2) is 84.6 Å². The first-order chi connectivity index (χ1) is 17.3. The Morgan fingerprint density at radius 3 is 2.50 bits per heavy atom. The second kappa shape index (κ2) is 9.21. The van der Waals surface area contributed by atoms with E-state index in [4.69, 9.17) is 16.3 Å². The van der Waals surface area contributed by atoms with Gasteiger partial charge in [0.25, 0.3) is 11.7 Å². The molecule has 0 spiro atoms. The molecule has 1 amide bonds. The number of para-hydroxylation sites is 1. The highest BCUT2D eigenvalue weighted by atomic mass is 35.5. The number of nitrogens with zero attached hydrogens (tertiary/aromatic N) is 2. The van der Waals surface area contributed by atoms with E-state index in [1.165, 1.54) is 4.90 Å². The van der Waals surface area contributed by atoms with Gasteiger partial charge in [0.2, 0.25) is 0 Å². The van der Waals surface area contributed by atoms with Crippen LogP contribution < -0.4 is 9.64 Å². The van der Waals surface area contributed by atoms with Crippen LogP contribution in [0, 0.1) is 0 Å². The number of amides is 1. The maximum absolute atomic E-state index is 13.5. The molecule has 182 valence electrons. The lowest BCUT2D eigenvalue weighted by Crippen LogP contribution is -2.29. The van der Waals surface area contributed by atoms with Gasteiger partial charge >= 0.3 is 0 Å². The van der Waals surface area contributed by atoms with E-state index in [1.807, 2.05) is 55.9 Å². The fraction of sp³-hybridized carbons (Fsp3) is 0.172. The quantitative estimate of drug-likeness (QED) is 0.200. The predicted octanol–water partition coefficient (Wildman–Crippen LogP) is 6.25. The summed E-state index contributed by atoms with van der Waals surface area (Å²) in [5.74, 6) is -1.20. The average molecular weight is 501 g/mol. The summed E-state index contributed by atoms with van der Waals surface area (Å²) in [5, 5.41) is 12.8. The summed E-state index contributed by atoms with van der Waals surface area (Å²) >= 11 is 6.25. The van der Waals surface area contributed by atoms with Crippen LogP contribution in [0.2, 0.25) is 5.02 Å². The van der Waals surface area contributed by atoms with Crippen LogP contribution in [0.1, 0.15) is 31.0 Å². The molecule has 1 aromatic heterocycles. The zero-order valence-electron chi connectivity index (χ0n) is 20.1. The number of hydrogen-bond acceptors (Lipinski definition) is 4. The lowest BCUT2D eigenvalue weighted by Gasteiger charge is -2.25. The zero-order valence-corrected chi connectivity index (χ0v) is 20.9. The molecule has 0 saturated carbocycles. The molecule has 1 aliphatic rings. The summed E-state index contributed by atoms with van der Waals surface area (Å²) in [6, 6.07) is 20.6. The van der Waals surface area contributed by atoms with Gasteiger partial charge in [-0.2, -0.15) is 0 Å². The third-order valence-electron chi connectivity index (χ3n) is 6.23. The lowest BCUT2D eigenvalue weighted by molar-refractivity contribution is -0.132. The van der Waals surface area contributed by atoms with E-state index in [0.29, 0.717) is 22.0 Å². The number of aliphatic hydroxyl groups excluding tert-OH is 1. The Balaban J connectivity index is 1.77. The average Bonchev–Trinajstić information content (AvgIpc) is 3.32. The number of Topliss-reactive ketones (excluding diaryl/α,β-unsaturated/α-hetero) is 1. The number of carbonyl (C=O) groups is 2. The fourth-order valence-corrected chi connectivity index (χ4v) is 4.94. The predicted molar refractivity (Wildman–Crippen MR) is 141 cm³/mol. The number of hydrogen-bond donors (Lipinski definition) is 1. The number of rotatable bonds is 5. The van der Waals surface area contributed by atoms with Gasteiger partial charge in [0, 0.05) is 46.0 Å². The first-order valence-corrected chi connectivity index (χ1v) is 12.0. The molecule has 5 rings (SSSR count). The molecule has 1 fully saturated rings. The highest BCUT2D eigenvalue weighted by Crippen LogP contribution is 2.45. The van der Waals surface area contributed by atoms with E-state index >= 15 is 0 Å². The van der Waals surface area contributed by atoms with Crippen molar-refractivity contribution in [2.45, 2.75) is 26.0 Å². The van der Waals surface area contributed by atoms with Gasteiger partial charge in [-0.3, -0.25) is 14.5 Å². The number of anilines is 1. The van der Waals surface area contributed by atoms with Gasteiger partial charge in [-0.1, -0.05) is 48.0 Å². The minimum Gasteiger partial charge on any atom is -0.507 e. The second-order valence-electron chi connectivity index (χ2n) is 9.06. The van der Waals surface area contributed by atoms with Gasteiger partial charge < -0.3 is 14.4 Å². The molecule has 36 heavy (non-hydrogen) atoms. The summed E-state index contributed by atoms with van der Waals surface area (Å²) in [6.45, 7) is 3.81. The Hall–Kier alpha value is -4.03. The molecule has 6 nitrogen and oxygen atoms in total. The molecular weight excluding hydrogens is 476 g/mol. The fourth-order valence-electron chi connectivity index (χ4n) is 4.75. The standard InChI is InChI=1S/C29H25ClN2O4/c1-17(2)36-21-11-6-8-18(14-21)27(33)25-26(23-16-31(3)24-13-5-4-12-22(23)24)32(29(35)28(25)34)20-10-7-9-19(30)15-20/h4-17,26,33H,1-3H3/b27-25+. The van der Waals surface area contributed by atoms with Crippen LogP contribution in [-0.2, 0) is 16.6 Å². The molecule has 1 unspecified atom stereocenters. The first-order valence-electron chi connectivity index (χ1n) is 11.6. The summed E-state index contributed by atoms with van der Waals surface area (Å²) in [7, 11) is 1.91. The van der Waals surface area contributed by atoms with Crippen molar-refractivity contribution < 1.29 is 19.4 Å². The SMILES string of the molecule is CC(C)Oc1cccc(/C(O)=C2\C(=O)C(=O)N(c3cccc(Cl)c3)C2c2cn(C)c3ccccc23)c1. The van der Waals surface area contributed by atoms with Crippen LogP contribution in [0.3, 0.4) is 0 Å². The van der Waals surface area contributed by atoms with E-state index in [-0.39, 0.29) is 17.4 Å². The molecule has 0 bridgehead atoms. The van der Waals surface area contributed by atoms with E-state index in [2.05, 4.69) is 0 Å². The van der Waals surface area contributed by atoms with Crippen LogP contribution >= 0.6 is 11.6 Å². The maximum Gasteiger partial charge on any atom is 0.300 e. The van der Waals surface area contributed by atoms with Crippen molar-refractivity contribution in [3.63, 3.8) is 0 Å². The van der Waals surface area contributed by atoms with E-state index < -0.39 is 17.7 Å². The van der Waals surface area contributed by atoms with Crippen molar-refractivity contribution in [2.75, 3.05) is 4.90 Å². The van der Waals surface area contributed by atoms with Gasteiger partial charge in [0.05, 0.1) is 17.7 Å². The molecule has 4 aromatic rings. The summed E-state index contributed by atoms with van der Waals surface area (Å²) in [6.07, 6.45) is 1.83. The molecule has 1 N–H and O–H groups in total. The number of ether oxygens (including phenoxy) is 1. The Bertz CT molecular complexity index is 1540. The maximum atomic E-state index is 13.5. The number of aromatic nitrogens is 1. The Morgan fingerprint density at radius 2 is 1.75 bits per heavy atom. The number of benzene rings is 3. The van der Waals surface area contributed by atoms with Crippen molar-refractivity contribution in [3.05, 3.63) is 101 Å². The van der Waals surface area contributed by atoms with Crippen LogP contribution in [0.25, 0.3) is 16.7 Å². The van der Waals surface area contributed by atoms with E-state index in [1.54, 1.807) is 48.5 Å². The van der Waals surface area contributed by atoms with E-state index in [0.717, 1.165) is 16.5 Å². The van der Waals surface area contributed by atoms with Gasteiger partial charge in [0.1, 0.15) is 11.5 Å². The number of carbonyl (C=O) groups excluding carboxylic acids is 2. The van der Waals surface area contributed by atoms with Crippen molar-refractivity contribution in [1.29, 1.82) is 0 Å². The summed E-state index contributed by atoms with van der Waals surface area (Å²) in [5.41, 5.74) is 2.54. The van der Waals surface area contributed by atoms with Crippen LogP contribution in [-0.4, -0.2) is 27.5 Å². The third-order valence-corrected chi connectivity index (χ3v) is 6.47. The molecule has 0 aliphatic carbocycles. The number of halogens is 1. The number of aryl methyl sites for hydroxylation is 1. The third kappa shape index (κ3) is 4.03. The smallest absolute Gasteiger partial charge is 0.300 e. The van der Waals surface area contributed by atoms with Gasteiger partial charge in [-0.15, -0.1) is 0 Å². The molecule has 3 aromatic carbocycles. The van der Waals surface area contributed by atoms with Crippen molar-refractivity contribution in [2.24, 2.45) is 7.05 Å². The highest BCUT2D eigenvalue weighted by molar-refractivity contribution is 6.52. The Morgan fingerprint density at radius 1 is 1.00 bits per heavy atom. The molecule has 7 heteroatoms. The molecule has 1 aliphatic heterocycles. The number of aliphatic hydroxyl groups is 1. The van der Waals surface area contributed by atoms with Crippen molar-refractivity contribution in [1.82, 2.24) is 4.57 Å².